The Labute approximate surface area is 309 Å². The van der Waals surface area contributed by atoms with E-state index in [4.69, 9.17) is 9.63 Å². The van der Waals surface area contributed by atoms with Crippen molar-refractivity contribution in [2.24, 2.45) is 0 Å². The summed E-state index contributed by atoms with van der Waals surface area (Å²) in [6.45, 7) is 46.1. The molecule has 3 rings (SSSR count). The molecular weight excluding hydrogens is 637 g/mol. The third-order valence-electron chi connectivity index (χ3n) is 7.68. The second-order valence-electron chi connectivity index (χ2n) is 19.8. The van der Waals surface area contributed by atoms with Crippen LogP contribution in [0, 0.1) is 0 Å². The predicted molar refractivity (Wildman–Crippen MR) is 214 cm³/mol. The van der Waals surface area contributed by atoms with Crippen molar-refractivity contribution < 1.29 is 10.2 Å². The van der Waals surface area contributed by atoms with Crippen LogP contribution in [-0.4, -0.2) is 57.1 Å². The van der Waals surface area contributed by atoms with Crippen molar-refractivity contribution in [2.75, 3.05) is 0 Å². The van der Waals surface area contributed by atoms with E-state index in [-0.39, 0.29) is 50.5 Å². The average molecular weight is 708 g/mol. The molecule has 0 atom stereocenters. The summed E-state index contributed by atoms with van der Waals surface area (Å²) in [5.41, 5.74) is 6.04. The third-order valence-corrected chi connectivity index (χ3v) is 15.7. The van der Waals surface area contributed by atoms with Gasteiger partial charge in [-0.2, -0.15) is 0 Å². The Morgan fingerprint density at radius 1 is 0.553 bits per heavy atom. The normalized spacial score (nSPS) is 13.6. The Morgan fingerprint density at radius 2 is 0.894 bits per heavy atom. The SMILES string of the molecule is CC(C)(C)c1cc(C(C)(C)C)n(C(n2[nH+]c(C(C)(C)C)cc2C(C)(C)C)[Si](C)(C)[N-]c2ccccc2)[nH+]1.C[Si](C)(C)[N-][Si](C)(C)C.[Mg+2]. The topological polar surface area (TPSA) is 66.3 Å². The molecule has 0 radical (unpaired) electrons. The molecule has 2 N–H and O–H groups in total. The number of benzene rings is 1. The molecular formula is C37H70MgN6Si3+2. The van der Waals surface area contributed by atoms with Gasteiger partial charge in [0, 0.05) is 42.0 Å². The molecule has 0 unspecified atom stereocenters. The number of hydrogen-bond acceptors (Lipinski definition) is 0. The molecule has 0 bridgehead atoms. The van der Waals surface area contributed by atoms with Gasteiger partial charge in [-0.25, -0.2) is 0 Å². The molecule has 0 saturated carbocycles. The Morgan fingerprint density at radius 3 is 1.15 bits per heavy atom. The molecule has 47 heavy (non-hydrogen) atoms. The monoisotopic (exact) mass is 706 g/mol. The van der Waals surface area contributed by atoms with Crippen LogP contribution in [0.15, 0.2) is 42.5 Å². The number of nitrogens with zero attached hydrogens (tertiary/aromatic N) is 4. The smallest absolute Gasteiger partial charge is 0.684 e. The van der Waals surface area contributed by atoms with E-state index in [0.717, 1.165) is 5.69 Å². The van der Waals surface area contributed by atoms with Crippen molar-refractivity contribution in [2.45, 2.75) is 163 Å². The van der Waals surface area contributed by atoms with E-state index in [1.165, 1.54) is 22.8 Å². The summed E-state index contributed by atoms with van der Waals surface area (Å²) in [4.78, 5) is 5.49. The van der Waals surface area contributed by atoms with Gasteiger partial charge in [0.15, 0.2) is 5.79 Å². The van der Waals surface area contributed by atoms with E-state index in [0.29, 0.717) is 0 Å². The zero-order valence-electron chi connectivity index (χ0n) is 34.1. The van der Waals surface area contributed by atoms with E-state index in [9.17, 15) is 0 Å². The molecule has 1 aromatic carbocycles. The summed E-state index contributed by atoms with van der Waals surface area (Å²) in [5, 5.41) is 7.79. The first kappa shape index (κ1) is 43.8. The van der Waals surface area contributed by atoms with Crippen molar-refractivity contribution in [3.63, 3.8) is 0 Å². The molecule has 0 aliphatic carbocycles. The molecule has 2 aromatic heterocycles. The first-order valence-electron chi connectivity index (χ1n) is 17.2. The zero-order chi connectivity index (χ0) is 35.9. The second-order valence-corrected chi connectivity index (χ2v) is 33.4. The van der Waals surface area contributed by atoms with E-state index in [2.05, 4.69) is 197 Å². The minimum Gasteiger partial charge on any atom is -0.684 e. The van der Waals surface area contributed by atoms with Crippen molar-refractivity contribution in [3.8, 4) is 0 Å². The first-order valence-corrected chi connectivity index (χ1v) is 27.1. The quantitative estimate of drug-likeness (QED) is 0.220. The summed E-state index contributed by atoms with van der Waals surface area (Å²) in [6.07, 6.45) is 0. The Bertz CT molecular complexity index is 1340. The maximum Gasteiger partial charge on any atom is 2.00 e. The minimum atomic E-state index is -2.38. The van der Waals surface area contributed by atoms with Crippen LogP contribution in [0.4, 0.5) is 5.69 Å². The van der Waals surface area contributed by atoms with Crippen LogP contribution in [0.25, 0.3) is 9.63 Å². The van der Waals surface area contributed by atoms with E-state index in [1.807, 2.05) is 0 Å². The molecule has 0 spiro atoms. The fraction of sp³-hybridized carbons (Fsp3) is 0.676. The fourth-order valence-corrected chi connectivity index (χ4v) is 16.5. The summed E-state index contributed by atoms with van der Waals surface area (Å²) in [5.74, 6) is -0.0108. The largest absolute Gasteiger partial charge is 2.00 e. The van der Waals surface area contributed by atoms with Crippen LogP contribution < -0.4 is 10.2 Å². The molecule has 260 valence electrons. The van der Waals surface area contributed by atoms with Crippen LogP contribution in [0.2, 0.25) is 52.4 Å². The van der Waals surface area contributed by atoms with E-state index < -0.39 is 24.7 Å². The van der Waals surface area contributed by atoms with Gasteiger partial charge in [0.2, 0.25) is 11.4 Å². The molecule has 0 aliphatic rings. The van der Waals surface area contributed by atoms with Crippen molar-refractivity contribution in [1.82, 2.24) is 9.36 Å². The summed E-state index contributed by atoms with van der Waals surface area (Å²) in [6, 6.07) is 15.2. The molecule has 10 heteroatoms. The molecule has 6 nitrogen and oxygen atoms in total. The standard InChI is InChI=1S/C31H50N5Si.C6H18NSi2.Mg/c1-28(2,3)23-20-25(30(7,8)9)35(32-23)27(37(13,14)34-22-18-16-15-17-19-22)36-26(31(10,11)12)21-24(33-36)29(4,5)6;1-8(2,3)7-9(4,5)6;/h15-21,27H,1-14H3;1-6H3;/q2*-1;+2/p+2. The average Bonchev–Trinajstić information content (AvgIpc) is 3.43. The summed E-state index contributed by atoms with van der Waals surface area (Å²) >= 11 is 0. The van der Waals surface area contributed by atoms with Crippen LogP contribution in [-0.2, 0) is 21.7 Å². The fourth-order valence-electron chi connectivity index (χ4n) is 5.81. The molecule has 0 amide bonds. The van der Waals surface area contributed by atoms with Gasteiger partial charge in [0.1, 0.15) is 0 Å². The van der Waals surface area contributed by atoms with Gasteiger partial charge in [-0.05, 0) is 0 Å². The number of aromatic amines is 2. The van der Waals surface area contributed by atoms with Crippen LogP contribution >= 0.6 is 0 Å². The Balaban J connectivity index is 0.000000966. The van der Waals surface area contributed by atoms with Gasteiger partial charge < -0.3 is 9.63 Å². The number of nitrogens with one attached hydrogen (secondary N) is 2. The first-order chi connectivity index (χ1) is 20.3. The number of H-pyrrole nitrogens is 2. The van der Waals surface area contributed by atoms with E-state index >= 15 is 0 Å². The predicted octanol–water partition coefficient (Wildman–Crippen LogP) is 10.3. The van der Waals surface area contributed by atoms with Crippen LogP contribution in [0.3, 0.4) is 0 Å². The molecule has 0 fully saturated rings. The number of hydrogen-bond donors (Lipinski definition) is 0. The molecule has 2 heterocycles. The maximum absolute atomic E-state index is 5.49. The van der Waals surface area contributed by atoms with Crippen LogP contribution in [0.1, 0.15) is 112 Å². The van der Waals surface area contributed by atoms with Gasteiger partial charge in [-0.15, -0.1) is 25.2 Å². The third kappa shape index (κ3) is 12.9. The van der Waals surface area contributed by atoms with Gasteiger partial charge in [-0.1, -0.05) is 182 Å². The summed E-state index contributed by atoms with van der Waals surface area (Å²) < 4.78 is 9.70. The Hall–Kier alpha value is -1.18. The van der Waals surface area contributed by atoms with Crippen molar-refractivity contribution >= 4 is 53.4 Å². The van der Waals surface area contributed by atoms with Crippen LogP contribution in [0.5, 0.6) is 0 Å². The van der Waals surface area contributed by atoms with Crippen molar-refractivity contribution in [1.29, 1.82) is 0 Å². The molecule has 0 saturated heterocycles. The number of rotatable bonds is 7. The summed E-state index contributed by atoms with van der Waals surface area (Å²) in [7, 11) is -4.59. The van der Waals surface area contributed by atoms with Crippen molar-refractivity contribution in [3.05, 3.63) is 74.9 Å². The minimum absolute atomic E-state index is 0. The number of aromatic nitrogens is 4. The van der Waals surface area contributed by atoms with Gasteiger partial charge in [0.25, 0.3) is 0 Å². The maximum atomic E-state index is 5.49. The second kappa shape index (κ2) is 15.0. The molecule has 3 aromatic rings. The van der Waals surface area contributed by atoms with Gasteiger partial charge >= 0.3 is 23.1 Å². The van der Waals surface area contributed by atoms with E-state index in [1.54, 1.807) is 0 Å². The zero-order valence-corrected chi connectivity index (χ0v) is 38.5. The Kier molecular flexibility index (Phi) is 14.0. The van der Waals surface area contributed by atoms with Gasteiger partial charge in [-0.3, -0.25) is 0 Å². The van der Waals surface area contributed by atoms with Gasteiger partial charge in [0.05, 0.1) is 11.4 Å². The molecule has 0 aliphatic heterocycles.